The quantitative estimate of drug-likeness (QED) is 0.324. The molecule has 1 aromatic carbocycles. The summed E-state index contributed by atoms with van der Waals surface area (Å²) in [4.78, 5) is 34.0. The number of carboxylic acids is 1. The van der Waals surface area contributed by atoms with Gasteiger partial charge >= 0.3 is 5.97 Å². The third-order valence-electron chi connectivity index (χ3n) is 9.77. The molecule has 3 aliphatic rings. The Kier molecular flexibility index (Phi) is 9.19. The lowest BCUT2D eigenvalue weighted by atomic mass is 9.81. The van der Waals surface area contributed by atoms with Crippen LogP contribution in [0.3, 0.4) is 0 Å². The van der Waals surface area contributed by atoms with Gasteiger partial charge in [-0.1, -0.05) is 32.0 Å². The van der Waals surface area contributed by atoms with Crippen LogP contribution in [-0.2, 0) is 27.2 Å². The van der Waals surface area contributed by atoms with Crippen LogP contribution in [0.15, 0.2) is 30.6 Å². The van der Waals surface area contributed by atoms with Gasteiger partial charge in [-0.2, -0.15) is 0 Å². The van der Waals surface area contributed by atoms with Gasteiger partial charge < -0.3 is 29.3 Å². The zero-order valence-corrected chi connectivity index (χ0v) is 29.1. The van der Waals surface area contributed by atoms with Crippen molar-refractivity contribution in [2.24, 2.45) is 5.41 Å². The Morgan fingerprint density at radius 3 is 2.26 bits per heavy atom. The Morgan fingerprint density at radius 2 is 1.60 bits per heavy atom. The second-order valence-corrected chi connectivity index (χ2v) is 15.0. The van der Waals surface area contributed by atoms with Crippen LogP contribution in [0.2, 0.25) is 0 Å². The number of anilines is 3. The Labute approximate surface area is 279 Å². The minimum Gasteiger partial charge on any atom is -0.479 e. The van der Waals surface area contributed by atoms with Crippen LogP contribution >= 0.6 is 0 Å². The first-order valence-electron chi connectivity index (χ1n) is 17.0. The van der Waals surface area contributed by atoms with Crippen molar-refractivity contribution in [3.63, 3.8) is 0 Å². The molecule has 0 bridgehead atoms. The lowest BCUT2D eigenvalue weighted by Crippen LogP contribution is -2.39. The van der Waals surface area contributed by atoms with Crippen molar-refractivity contribution in [3.8, 4) is 11.1 Å². The highest BCUT2D eigenvalue weighted by Gasteiger charge is 2.36. The minimum absolute atomic E-state index is 0.242. The van der Waals surface area contributed by atoms with E-state index in [1.54, 1.807) is 6.33 Å². The second-order valence-electron chi connectivity index (χ2n) is 15.0. The standard InChI is InChI=1S/C37H50N6O4/c1-24-31(33(42-14-11-37(6,7)12-15-42)32(25(2)40-24)34(35(44)45)47-36(3,4)5)27-8-9-28-22-43(13-10-26(28)20-27)30-21-29(38-23-39-30)41-16-18-46-19-17-41/h8-9,20-21,23,34H,10-19,22H2,1-7H3,(H,44,45). The van der Waals surface area contributed by atoms with Crippen LogP contribution in [0.4, 0.5) is 17.3 Å². The van der Waals surface area contributed by atoms with Crippen molar-refractivity contribution < 1.29 is 19.4 Å². The van der Waals surface area contributed by atoms with Crippen LogP contribution in [0, 0.1) is 19.3 Å². The molecule has 0 amide bonds. The molecule has 2 aromatic heterocycles. The van der Waals surface area contributed by atoms with Gasteiger partial charge in [-0.05, 0) is 76.0 Å². The normalized spacial score (nSPS) is 19.0. The Balaban J connectivity index is 1.37. The van der Waals surface area contributed by atoms with Crippen molar-refractivity contribution in [1.82, 2.24) is 15.0 Å². The SMILES string of the molecule is Cc1nc(C)c(C(OC(C)(C)C)C(=O)O)c(N2CCC(C)(C)CC2)c1-c1ccc2c(c1)CCN(c1cc(N3CCOCC3)ncn1)C2. The van der Waals surface area contributed by atoms with E-state index in [0.717, 1.165) is 92.7 Å². The molecule has 0 aliphatic carbocycles. The molecule has 10 heteroatoms. The molecule has 5 heterocycles. The summed E-state index contributed by atoms with van der Waals surface area (Å²) in [5.74, 6) is 0.889. The van der Waals surface area contributed by atoms with Crippen LogP contribution in [0.25, 0.3) is 11.1 Å². The highest BCUT2D eigenvalue weighted by Crippen LogP contribution is 2.45. The third kappa shape index (κ3) is 7.23. The van der Waals surface area contributed by atoms with Crippen molar-refractivity contribution >= 4 is 23.3 Å². The minimum atomic E-state index is -1.13. The van der Waals surface area contributed by atoms with E-state index in [9.17, 15) is 9.90 Å². The average molecular weight is 643 g/mol. The number of morpholine rings is 1. The molecule has 0 spiro atoms. The number of benzene rings is 1. The molecule has 252 valence electrons. The molecular formula is C37H50N6O4. The van der Waals surface area contributed by atoms with Gasteiger partial charge in [0.2, 0.25) is 0 Å². The summed E-state index contributed by atoms with van der Waals surface area (Å²) in [6.07, 6.45) is 3.47. The predicted octanol–water partition coefficient (Wildman–Crippen LogP) is 6.12. The van der Waals surface area contributed by atoms with Crippen molar-refractivity contribution in [2.45, 2.75) is 86.0 Å². The van der Waals surface area contributed by atoms with E-state index in [2.05, 4.69) is 62.8 Å². The maximum absolute atomic E-state index is 12.9. The number of aromatic nitrogens is 3. The van der Waals surface area contributed by atoms with E-state index >= 15 is 0 Å². The molecule has 0 saturated carbocycles. The number of aryl methyl sites for hydroxylation is 2. The number of fused-ring (bicyclic) bond motifs is 1. The Morgan fingerprint density at radius 1 is 0.915 bits per heavy atom. The van der Waals surface area contributed by atoms with E-state index in [-0.39, 0.29) is 5.41 Å². The van der Waals surface area contributed by atoms with E-state index in [0.29, 0.717) is 24.5 Å². The Hall–Kier alpha value is -3.76. The lowest BCUT2D eigenvalue weighted by Gasteiger charge is -2.41. The second kappa shape index (κ2) is 13.0. The Bertz CT molecular complexity index is 1620. The summed E-state index contributed by atoms with van der Waals surface area (Å²) in [6, 6.07) is 8.80. The number of carbonyl (C=O) groups is 1. The maximum Gasteiger partial charge on any atom is 0.337 e. The number of pyridine rings is 1. The number of nitrogens with zero attached hydrogens (tertiary/aromatic N) is 6. The van der Waals surface area contributed by atoms with Gasteiger partial charge in [-0.25, -0.2) is 14.8 Å². The number of hydrogen-bond acceptors (Lipinski definition) is 9. The smallest absolute Gasteiger partial charge is 0.337 e. The molecule has 6 rings (SSSR count). The van der Waals surface area contributed by atoms with E-state index in [1.807, 2.05) is 34.6 Å². The van der Waals surface area contributed by atoms with Gasteiger partial charge in [0.05, 0.1) is 24.5 Å². The van der Waals surface area contributed by atoms with Gasteiger partial charge in [0.1, 0.15) is 18.0 Å². The molecule has 0 radical (unpaired) electrons. The monoisotopic (exact) mass is 642 g/mol. The third-order valence-corrected chi connectivity index (χ3v) is 9.77. The number of hydrogen-bond donors (Lipinski definition) is 1. The fourth-order valence-electron chi connectivity index (χ4n) is 7.13. The first-order valence-corrected chi connectivity index (χ1v) is 17.0. The van der Waals surface area contributed by atoms with Gasteiger partial charge in [-0.3, -0.25) is 4.98 Å². The maximum atomic E-state index is 12.9. The molecule has 1 N–H and O–H groups in total. The summed E-state index contributed by atoms with van der Waals surface area (Å²) >= 11 is 0. The zero-order chi connectivity index (χ0) is 33.5. The number of ether oxygens (including phenoxy) is 2. The number of aliphatic carboxylic acids is 1. The van der Waals surface area contributed by atoms with E-state index in [4.69, 9.17) is 14.5 Å². The van der Waals surface area contributed by atoms with Crippen LogP contribution in [0.1, 0.15) is 81.6 Å². The summed E-state index contributed by atoms with van der Waals surface area (Å²) in [7, 11) is 0. The fourth-order valence-corrected chi connectivity index (χ4v) is 7.13. The van der Waals surface area contributed by atoms with Crippen LogP contribution in [0.5, 0.6) is 0 Å². The van der Waals surface area contributed by atoms with E-state index in [1.165, 1.54) is 11.1 Å². The molecule has 1 unspecified atom stereocenters. The molecule has 47 heavy (non-hydrogen) atoms. The van der Waals surface area contributed by atoms with Gasteiger partial charge in [0, 0.05) is 67.8 Å². The number of piperidine rings is 1. The van der Waals surface area contributed by atoms with E-state index < -0.39 is 17.7 Å². The lowest BCUT2D eigenvalue weighted by molar-refractivity contribution is -0.160. The predicted molar refractivity (Wildman–Crippen MR) is 185 cm³/mol. The molecule has 10 nitrogen and oxygen atoms in total. The van der Waals surface area contributed by atoms with Crippen LogP contribution in [-0.4, -0.2) is 77.6 Å². The molecule has 3 aromatic rings. The average Bonchev–Trinajstić information content (AvgIpc) is 3.03. The van der Waals surface area contributed by atoms with Crippen LogP contribution < -0.4 is 14.7 Å². The van der Waals surface area contributed by atoms with Crippen molar-refractivity contribution in [1.29, 1.82) is 0 Å². The highest BCUT2D eigenvalue weighted by molar-refractivity contribution is 5.88. The van der Waals surface area contributed by atoms with Gasteiger partial charge in [0.25, 0.3) is 0 Å². The number of carboxylic acid groups (broad SMARTS) is 1. The topological polar surface area (TPSA) is 104 Å². The summed E-state index contributed by atoms with van der Waals surface area (Å²) < 4.78 is 11.8. The van der Waals surface area contributed by atoms with Crippen molar-refractivity contribution in [2.75, 3.05) is 60.6 Å². The van der Waals surface area contributed by atoms with Gasteiger partial charge in [0.15, 0.2) is 6.10 Å². The molecule has 2 saturated heterocycles. The first kappa shape index (κ1) is 33.2. The van der Waals surface area contributed by atoms with Gasteiger partial charge in [-0.15, -0.1) is 0 Å². The first-order chi connectivity index (χ1) is 22.3. The summed E-state index contributed by atoms with van der Waals surface area (Å²) in [5, 5.41) is 10.5. The highest BCUT2D eigenvalue weighted by atomic mass is 16.5. The fraction of sp³-hybridized carbons (Fsp3) is 0.568. The molecule has 3 aliphatic heterocycles. The summed E-state index contributed by atoms with van der Waals surface area (Å²) in [5.41, 5.74) is 7.47. The van der Waals surface area contributed by atoms with Crippen molar-refractivity contribution in [3.05, 3.63) is 58.7 Å². The number of rotatable bonds is 7. The molecular weight excluding hydrogens is 592 g/mol. The largest absolute Gasteiger partial charge is 0.479 e. The summed E-state index contributed by atoms with van der Waals surface area (Å²) in [6.45, 7) is 20.7. The zero-order valence-electron chi connectivity index (χ0n) is 29.1. The molecule has 1 atom stereocenters. The molecule has 2 fully saturated rings.